The number of aromatic hydroxyl groups is 1. The molecule has 0 spiro atoms. The lowest BCUT2D eigenvalue weighted by Crippen LogP contribution is -2.69. The summed E-state index contributed by atoms with van der Waals surface area (Å²) in [6.07, 6.45) is 2.60. The Bertz CT molecular complexity index is 1720. The second kappa shape index (κ2) is 14.6. The lowest BCUT2D eigenvalue weighted by Gasteiger charge is -2.46. The molecule has 11 heteroatoms. The minimum atomic E-state index is -0.952. The molecule has 3 aromatic carbocycles. The quantitative estimate of drug-likeness (QED) is 0.0929. The molecule has 2 heterocycles. The van der Waals surface area contributed by atoms with Crippen LogP contribution in [0, 0.1) is 0 Å². The van der Waals surface area contributed by atoms with Crippen LogP contribution in [0.15, 0.2) is 91.6 Å². The largest absolute Gasteiger partial charge is 0.508 e. The molecular formula is C35H38N6O5. The van der Waals surface area contributed by atoms with Gasteiger partial charge in [0.15, 0.2) is 5.78 Å². The van der Waals surface area contributed by atoms with Crippen LogP contribution in [0.3, 0.4) is 0 Å². The third-order valence-corrected chi connectivity index (χ3v) is 8.02. The molecule has 4 amide bonds. The number of piperazine rings is 1. The van der Waals surface area contributed by atoms with Crippen LogP contribution in [0.4, 0.5) is 4.79 Å². The highest BCUT2D eigenvalue weighted by Crippen LogP contribution is 2.27. The molecule has 0 bridgehead atoms. The predicted octanol–water partition coefficient (Wildman–Crippen LogP) is 3.46. The molecule has 5 N–H and O–H groups in total. The molecule has 4 aromatic rings. The van der Waals surface area contributed by atoms with Gasteiger partial charge in [0.05, 0.1) is 18.6 Å². The normalized spacial score (nSPS) is 16.3. The second-order valence-electron chi connectivity index (χ2n) is 11.3. The summed E-state index contributed by atoms with van der Waals surface area (Å²) in [5.74, 6) is -0.635. The smallest absolute Gasteiger partial charge is 0.316 e. The topological polar surface area (TPSA) is 147 Å². The number of benzene rings is 3. The van der Waals surface area contributed by atoms with Crippen molar-refractivity contribution in [3.05, 3.63) is 114 Å². The minimum absolute atomic E-state index is 0.0352. The molecule has 11 nitrogen and oxygen atoms in total. The number of phenols is 1. The maximum atomic E-state index is 14.3. The summed E-state index contributed by atoms with van der Waals surface area (Å²) in [6.45, 7) is 6.01. The number of phenolic OH excluding ortho intramolecular Hbond substituents is 1. The first-order valence-electron chi connectivity index (χ1n) is 15.1. The van der Waals surface area contributed by atoms with E-state index in [0.29, 0.717) is 12.1 Å². The monoisotopic (exact) mass is 622 g/mol. The van der Waals surface area contributed by atoms with Crippen molar-refractivity contribution < 1.29 is 24.3 Å². The summed E-state index contributed by atoms with van der Waals surface area (Å²) in [4.78, 5) is 59.8. The maximum Gasteiger partial charge on any atom is 0.316 e. The van der Waals surface area contributed by atoms with E-state index < -0.39 is 18.2 Å². The number of nitrogens with one attached hydrogen (secondary N) is 4. The van der Waals surface area contributed by atoms with E-state index >= 15 is 0 Å². The van der Waals surface area contributed by atoms with Crippen LogP contribution in [0.25, 0.3) is 10.9 Å². The zero-order valence-corrected chi connectivity index (χ0v) is 25.7. The third-order valence-electron chi connectivity index (χ3n) is 8.02. The number of carbonyl (C=O) groups is 4. The van der Waals surface area contributed by atoms with E-state index in [-0.39, 0.29) is 55.9 Å². The highest BCUT2D eigenvalue weighted by Gasteiger charge is 2.43. The van der Waals surface area contributed by atoms with Gasteiger partial charge in [0, 0.05) is 43.2 Å². The van der Waals surface area contributed by atoms with Gasteiger partial charge in [-0.05, 0) is 35.7 Å². The Morgan fingerprint density at radius 1 is 1.02 bits per heavy atom. The van der Waals surface area contributed by atoms with Gasteiger partial charge < -0.3 is 35.8 Å². The zero-order chi connectivity index (χ0) is 32.6. The predicted molar refractivity (Wildman–Crippen MR) is 175 cm³/mol. The van der Waals surface area contributed by atoms with Gasteiger partial charge in [-0.2, -0.15) is 0 Å². The molecule has 0 unspecified atom stereocenters. The number of nitrogens with zero attached hydrogens (tertiary/aromatic N) is 2. The van der Waals surface area contributed by atoms with Crippen molar-refractivity contribution in [1.29, 1.82) is 0 Å². The number of H-pyrrole nitrogens is 1. The average molecular weight is 623 g/mol. The van der Waals surface area contributed by atoms with Crippen molar-refractivity contribution >= 4 is 34.5 Å². The number of ketones is 1. The Morgan fingerprint density at radius 2 is 1.78 bits per heavy atom. The standard InChI is InChI=1S/C35H38N6O5/c1-3-16-36-20-32(44)41-30(17-24-12-14-27(43)15-13-24)34(45)40(21-26-10-7-11-28-29(23(2)42)19-37-33(26)28)22-31(41)39-35(46)38-18-25-8-5-4-6-9-25/h3-15,19,30-31,36-37,43H,1,16-18,20-22H2,2H3,(H2,38,39,46)/t30-,31+/m0/s1. The number of urea groups is 1. The fourth-order valence-electron chi connectivity index (χ4n) is 5.78. The average Bonchev–Trinajstić information content (AvgIpc) is 3.49. The molecule has 1 saturated heterocycles. The van der Waals surface area contributed by atoms with E-state index in [2.05, 4.69) is 27.5 Å². The van der Waals surface area contributed by atoms with Crippen LogP contribution < -0.4 is 16.0 Å². The molecule has 1 aliphatic rings. The molecule has 0 saturated carbocycles. The Balaban J connectivity index is 1.47. The summed E-state index contributed by atoms with van der Waals surface area (Å²) >= 11 is 0. The van der Waals surface area contributed by atoms with Gasteiger partial charge >= 0.3 is 6.03 Å². The van der Waals surface area contributed by atoms with Crippen LogP contribution in [-0.2, 0) is 29.1 Å². The number of para-hydroxylation sites is 1. The molecule has 1 aromatic heterocycles. The Morgan fingerprint density at radius 3 is 2.50 bits per heavy atom. The van der Waals surface area contributed by atoms with Crippen LogP contribution in [0.5, 0.6) is 5.75 Å². The number of hydrogen-bond acceptors (Lipinski definition) is 6. The fraction of sp³-hybridized carbons (Fsp3) is 0.257. The van der Waals surface area contributed by atoms with Crippen molar-refractivity contribution in [3.8, 4) is 5.75 Å². The van der Waals surface area contributed by atoms with Gasteiger partial charge in [0.1, 0.15) is 18.0 Å². The zero-order valence-electron chi connectivity index (χ0n) is 25.7. The number of amides is 4. The first kappa shape index (κ1) is 32.0. The number of aromatic amines is 1. The van der Waals surface area contributed by atoms with Crippen molar-refractivity contribution in [2.45, 2.75) is 38.6 Å². The van der Waals surface area contributed by atoms with Crippen molar-refractivity contribution in [1.82, 2.24) is 30.7 Å². The van der Waals surface area contributed by atoms with Crippen molar-refractivity contribution in [3.63, 3.8) is 0 Å². The SMILES string of the molecule is C=CCNCC(=O)N1[C@@H](NC(=O)NCc2ccccc2)CN(Cc2cccc3c(C(C)=O)c[nH]c23)C(=O)[C@@H]1Cc1ccc(O)cc1. The van der Waals surface area contributed by atoms with Gasteiger partial charge in [-0.3, -0.25) is 14.4 Å². The molecular weight excluding hydrogens is 584 g/mol. The molecule has 5 rings (SSSR count). The van der Waals surface area contributed by atoms with E-state index in [1.165, 1.54) is 24.0 Å². The number of aromatic nitrogens is 1. The number of rotatable bonds is 12. The number of fused-ring (bicyclic) bond motifs is 1. The Labute approximate surface area is 267 Å². The third kappa shape index (κ3) is 7.44. The molecule has 1 aliphatic heterocycles. The molecule has 2 atom stereocenters. The number of carbonyl (C=O) groups excluding carboxylic acids is 4. The summed E-state index contributed by atoms with van der Waals surface area (Å²) in [5, 5.41) is 19.4. The highest BCUT2D eigenvalue weighted by atomic mass is 16.3. The first-order chi connectivity index (χ1) is 22.2. The van der Waals surface area contributed by atoms with E-state index in [1.807, 2.05) is 48.5 Å². The lowest BCUT2D eigenvalue weighted by atomic mass is 9.98. The first-order valence-corrected chi connectivity index (χ1v) is 15.1. The van der Waals surface area contributed by atoms with E-state index in [4.69, 9.17) is 0 Å². The highest BCUT2D eigenvalue weighted by molar-refractivity contribution is 6.07. The van der Waals surface area contributed by atoms with Crippen molar-refractivity contribution in [2.24, 2.45) is 0 Å². The van der Waals surface area contributed by atoms with Crippen LogP contribution in [0.1, 0.15) is 34.0 Å². The summed E-state index contributed by atoms with van der Waals surface area (Å²) in [5.41, 5.74) is 3.74. The minimum Gasteiger partial charge on any atom is -0.508 e. The summed E-state index contributed by atoms with van der Waals surface area (Å²) < 4.78 is 0. The van der Waals surface area contributed by atoms with Crippen LogP contribution in [0.2, 0.25) is 0 Å². The van der Waals surface area contributed by atoms with E-state index in [1.54, 1.807) is 29.3 Å². The lowest BCUT2D eigenvalue weighted by molar-refractivity contribution is -0.156. The van der Waals surface area contributed by atoms with E-state index in [9.17, 15) is 24.3 Å². The van der Waals surface area contributed by atoms with Crippen LogP contribution in [-0.4, -0.2) is 75.4 Å². The van der Waals surface area contributed by atoms with Gasteiger partial charge in [-0.15, -0.1) is 6.58 Å². The summed E-state index contributed by atoms with van der Waals surface area (Å²) in [7, 11) is 0. The molecule has 0 radical (unpaired) electrons. The summed E-state index contributed by atoms with van der Waals surface area (Å²) in [6, 6.07) is 20.1. The van der Waals surface area contributed by atoms with Gasteiger partial charge in [-0.25, -0.2) is 4.79 Å². The molecule has 46 heavy (non-hydrogen) atoms. The van der Waals surface area contributed by atoms with Crippen LogP contribution >= 0.6 is 0 Å². The van der Waals surface area contributed by atoms with Gasteiger partial charge in [0.2, 0.25) is 11.8 Å². The molecule has 238 valence electrons. The number of hydrogen-bond donors (Lipinski definition) is 5. The second-order valence-corrected chi connectivity index (χ2v) is 11.3. The fourth-order valence-corrected chi connectivity index (χ4v) is 5.78. The Kier molecular flexibility index (Phi) is 10.1. The Hall–Kier alpha value is -5.42. The molecule has 0 aliphatic carbocycles. The number of Topliss-reactive ketones (excluding diaryl/α,β-unsaturated/α-hetero) is 1. The molecule has 1 fully saturated rings. The maximum absolute atomic E-state index is 14.3. The van der Waals surface area contributed by atoms with Gasteiger partial charge in [0.25, 0.3) is 0 Å². The van der Waals surface area contributed by atoms with Gasteiger partial charge in [-0.1, -0.05) is 66.7 Å². The van der Waals surface area contributed by atoms with Crippen molar-refractivity contribution in [2.75, 3.05) is 19.6 Å². The van der Waals surface area contributed by atoms with E-state index in [0.717, 1.165) is 27.6 Å².